The second-order valence-electron chi connectivity index (χ2n) is 10.1. The first-order chi connectivity index (χ1) is 20.0. The molecule has 1 aliphatic rings. The van der Waals surface area contributed by atoms with Crippen molar-refractivity contribution in [3.8, 4) is 23.0 Å². The highest BCUT2D eigenvalue weighted by molar-refractivity contribution is 5.82. The summed E-state index contributed by atoms with van der Waals surface area (Å²) in [5.74, 6) is 1.25. The van der Waals surface area contributed by atoms with Crippen molar-refractivity contribution in [3.63, 3.8) is 0 Å². The van der Waals surface area contributed by atoms with E-state index in [1.165, 1.54) is 0 Å². The average molecular weight is 555 g/mol. The summed E-state index contributed by atoms with van der Waals surface area (Å²) in [6.45, 7) is 0.939. The van der Waals surface area contributed by atoms with Gasteiger partial charge in [0.05, 0.1) is 20.8 Å². The van der Waals surface area contributed by atoms with Gasteiger partial charge in [0.15, 0.2) is 28.6 Å². The third-order valence-corrected chi connectivity index (χ3v) is 7.33. The van der Waals surface area contributed by atoms with Crippen molar-refractivity contribution in [2.24, 2.45) is 5.92 Å². The molecule has 0 aromatic heterocycles. The van der Waals surface area contributed by atoms with Gasteiger partial charge in [0, 0.05) is 12.3 Å². The van der Waals surface area contributed by atoms with E-state index in [0.717, 1.165) is 22.3 Å². The molecule has 7 nitrogen and oxygen atoms in total. The van der Waals surface area contributed by atoms with E-state index in [1.54, 1.807) is 26.4 Å². The molecule has 4 aromatic rings. The maximum absolute atomic E-state index is 12.8. The predicted octanol–water partition coefficient (Wildman–Crippen LogP) is 5.55. The molecule has 0 saturated carbocycles. The molecule has 4 aromatic carbocycles. The summed E-state index contributed by atoms with van der Waals surface area (Å²) in [4.78, 5) is 12.8. The molecule has 0 spiro atoms. The van der Waals surface area contributed by atoms with Gasteiger partial charge in [0.1, 0.15) is 13.2 Å². The Morgan fingerprint density at radius 2 is 1.22 bits per heavy atom. The zero-order valence-electron chi connectivity index (χ0n) is 23.2. The highest BCUT2D eigenvalue weighted by atomic mass is 16.6. The van der Waals surface area contributed by atoms with Crippen LogP contribution in [0.2, 0.25) is 0 Å². The number of carbonyl (C=O) groups excluding carboxylic acids is 1. The predicted molar refractivity (Wildman–Crippen MR) is 154 cm³/mol. The summed E-state index contributed by atoms with van der Waals surface area (Å²) in [5.41, 5.74) is 2.04. The quantitative estimate of drug-likeness (QED) is 0.230. The van der Waals surface area contributed by atoms with Crippen molar-refractivity contribution < 1.29 is 33.6 Å². The van der Waals surface area contributed by atoms with Crippen LogP contribution < -0.4 is 18.9 Å². The summed E-state index contributed by atoms with van der Waals surface area (Å²) in [6.07, 6.45) is 0.508. The molecular weight excluding hydrogens is 520 g/mol. The molecule has 0 radical (unpaired) electrons. The molecule has 5 rings (SSSR count). The zero-order valence-corrected chi connectivity index (χ0v) is 23.2. The Kier molecular flexibility index (Phi) is 8.75. The van der Waals surface area contributed by atoms with Gasteiger partial charge in [-0.2, -0.15) is 0 Å². The number of cyclic esters (lactones) is 1. The minimum atomic E-state index is -1.69. The van der Waals surface area contributed by atoms with E-state index in [-0.39, 0.29) is 13.0 Å². The Bertz CT molecular complexity index is 1450. The lowest BCUT2D eigenvalue weighted by Crippen LogP contribution is -2.44. The van der Waals surface area contributed by atoms with Crippen LogP contribution in [0.5, 0.6) is 23.0 Å². The number of rotatable bonds is 12. The number of hydrogen-bond donors (Lipinski definition) is 1. The molecule has 1 saturated heterocycles. The standard InChI is InChI=1S/C34H34O7/c1-37-31-18-26(13-15-29(31)39-21-24-9-5-3-6-10-24)17-28-23-41-33(35)34(28,36)20-27-14-16-30(32(19-27)38-2)40-22-25-11-7-4-8-12-25/h3-16,18-19,28,36H,17,20-23H2,1-2H3/t28-,34+/m0/s1. The largest absolute Gasteiger partial charge is 0.493 e. The summed E-state index contributed by atoms with van der Waals surface area (Å²) >= 11 is 0. The molecule has 2 atom stereocenters. The molecule has 1 heterocycles. The maximum atomic E-state index is 12.8. The van der Waals surface area contributed by atoms with E-state index in [0.29, 0.717) is 42.6 Å². The smallest absolute Gasteiger partial charge is 0.338 e. The zero-order chi connectivity index (χ0) is 28.7. The van der Waals surface area contributed by atoms with E-state index in [4.69, 9.17) is 23.7 Å². The van der Waals surface area contributed by atoms with Gasteiger partial charge in [0.2, 0.25) is 0 Å². The third-order valence-electron chi connectivity index (χ3n) is 7.33. The fourth-order valence-corrected chi connectivity index (χ4v) is 5.02. The number of methoxy groups -OCH3 is 2. The van der Waals surface area contributed by atoms with Gasteiger partial charge in [-0.1, -0.05) is 72.8 Å². The molecule has 0 amide bonds. The molecule has 1 fully saturated rings. The van der Waals surface area contributed by atoms with Gasteiger partial charge in [-0.05, 0) is 52.9 Å². The molecule has 41 heavy (non-hydrogen) atoms. The molecule has 0 bridgehead atoms. The van der Waals surface area contributed by atoms with Crippen LogP contribution in [-0.2, 0) is 35.6 Å². The van der Waals surface area contributed by atoms with Crippen molar-refractivity contribution in [2.75, 3.05) is 20.8 Å². The Morgan fingerprint density at radius 3 is 1.76 bits per heavy atom. The number of ether oxygens (including phenoxy) is 5. The van der Waals surface area contributed by atoms with Crippen molar-refractivity contribution in [3.05, 3.63) is 119 Å². The molecule has 0 unspecified atom stereocenters. The van der Waals surface area contributed by atoms with Crippen molar-refractivity contribution in [2.45, 2.75) is 31.7 Å². The monoisotopic (exact) mass is 554 g/mol. The fourth-order valence-electron chi connectivity index (χ4n) is 5.02. The fraction of sp³-hybridized carbons (Fsp3) is 0.265. The maximum Gasteiger partial charge on any atom is 0.338 e. The van der Waals surface area contributed by atoms with Gasteiger partial charge < -0.3 is 28.8 Å². The van der Waals surface area contributed by atoms with E-state index in [9.17, 15) is 9.90 Å². The van der Waals surface area contributed by atoms with Crippen molar-refractivity contribution >= 4 is 5.97 Å². The van der Waals surface area contributed by atoms with Crippen LogP contribution in [0, 0.1) is 5.92 Å². The summed E-state index contributed by atoms with van der Waals surface area (Å²) in [5, 5.41) is 11.6. The van der Waals surface area contributed by atoms with E-state index in [2.05, 4.69) is 0 Å². The van der Waals surface area contributed by atoms with Crippen LogP contribution in [0.25, 0.3) is 0 Å². The van der Waals surface area contributed by atoms with E-state index in [1.807, 2.05) is 84.9 Å². The third kappa shape index (κ3) is 6.64. The topological polar surface area (TPSA) is 83.5 Å². The molecule has 1 N–H and O–H groups in total. The first kappa shape index (κ1) is 28.1. The van der Waals surface area contributed by atoms with Crippen LogP contribution in [0.15, 0.2) is 97.1 Å². The van der Waals surface area contributed by atoms with Crippen LogP contribution in [0.3, 0.4) is 0 Å². The Hall–Kier alpha value is -4.49. The van der Waals surface area contributed by atoms with Crippen LogP contribution in [0.4, 0.5) is 0 Å². The number of benzene rings is 4. The second-order valence-corrected chi connectivity index (χ2v) is 10.1. The van der Waals surface area contributed by atoms with Crippen LogP contribution in [0.1, 0.15) is 22.3 Å². The minimum Gasteiger partial charge on any atom is -0.493 e. The first-order valence-corrected chi connectivity index (χ1v) is 13.6. The normalized spacial score (nSPS) is 18.0. The van der Waals surface area contributed by atoms with Crippen LogP contribution in [-0.4, -0.2) is 37.5 Å². The highest BCUT2D eigenvalue weighted by Gasteiger charge is 2.51. The van der Waals surface area contributed by atoms with Crippen molar-refractivity contribution in [1.29, 1.82) is 0 Å². The average Bonchev–Trinajstić information content (AvgIpc) is 3.28. The van der Waals surface area contributed by atoms with E-state index < -0.39 is 17.5 Å². The number of esters is 1. The summed E-state index contributed by atoms with van der Waals surface area (Å²) in [7, 11) is 3.16. The molecule has 7 heteroatoms. The molecule has 1 aliphatic heterocycles. The number of hydrogen-bond acceptors (Lipinski definition) is 7. The lowest BCUT2D eigenvalue weighted by atomic mass is 9.81. The molecular formula is C34H34O7. The van der Waals surface area contributed by atoms with Gasteiger partial charge in [0.25, 0.3) is 0 Å². The number of carbonyl (C=O) groups is 1. The Labute approximate surface area is 240 Å². The minimum absolute atomic E-state index is 0.0846. The van der Waals surface area contributed by atoms with Gasteiger partial charge in [-0.15, -0.1) is 0 Å². The number of aliphatic hydroxyl groups is 1. The molecule has 212 valence electrons. The lowest BCUT2D eigenvalue weighted by Gasteiger charge is -2.26. The van der Waals surface area contributed by atoms with Crippen LogP contribution >= 0.6 is 0 Å². The SMILES string of the molecule is COc1cc(C[C@H]2COC(=O)[C@@]2(O)Cc2ccc(OCc3ccccc3)c(OC)c2)ccc1OCc1ccccc1. The van der Waals surface area contributed by atoms with Gasteiger partial charge in [-0.3, -0.25) is 0 Å². The first-order valence-electron chi connectivity index (χ1n) is 13.6. The lowest BCUT2D eigenvalue weighted by molar-refractivity contribution is -0.154. The van der Waals surface area contributed by atoms with E-state index >= 15 is 0 Å². The second kappa shape index (κ2) is 12.8. The van der Waals surface area contributed by atoms with Gasteiger partial charge in [-0.25, -0.2) is 4.79 Å². The highest BCUT2D eigenvalue weighted by Crippen LogP contribution is 2.37. The summed E-state index contributed by atoms with van der Waals surface area (Å²) < 4.78 is 28.4. The Morgan fingerprint density at radius 1 is 0.707 bits per heavy atom. The molecule has 0 aliphatic carbocycles. The van der Waals surface area contributed by atoms with Crippen molar-refractivity contribution in [1.82, 2.24) is 0 Å². The summed E-state index contributed by atoms with van der Waals surface area (Å²) in [6, 6.07) is 30.8. The Balaban J connectivity index is 1.27. The van der Waals surface area contributed by atoms with Gasteiger partial charge >= 0.3 is 5.97 Å².